The monoisotopic (exact) mass is 319 g/mol. The van der Waals surface area contributed by atoms with Crippen LogP contribution in [0, 0.1) is 0 Å². The molecule has 114 valence electrons. The molecule has 2 aromatic rings. The molecule has 0 atom stereocenters. The van der Waals surface area contributed by atoms with Gasteiger partial charge in [0.25, 0.3) is 0 Å². The Balaban J connectivity index is 2.43. The van der Waals surface area contributed by atoms with Crippen LogP contribution in [-0.2, 0) is 9.53 Å². The second-order valence-electron chi connectivity index (χ2n) is 4.31. The molecule has 22 heavy (non-hydrogen) atoms. The number of methoxy groups -OCH3 is 1. The summed E-state index contributed by atoms with van der Waals surface area (Å²) in [5.41, 5.74) is 6.17. The molecule has 0 unspecified atom stereocenters. The number of nitrogen functional groups attached to an aromatic ring is 1. The van der Waals surface area contributed by atoms with Gasteiger partial charge in [-0.2, -0.15) is 0 Å². The minimum Gasteiger partial charge on any atom is -0.465 e. The third-order valence-corrected chi connectivity index (χ3v) is 3.87. The number of ketones is 1. The van der Waals surface area contributed by atoms with Gasteiger partial charge in [0.1, 0.15) is 10.6 Å². The molecule has 0 spiro atoms. The van der Waals surface area contributed by atoms with Crippen molar-refractivity contribution in [1.82, 2.24) is 0 Å². The fourth-order valence-electron chi connectivity index (χ4n) is 1.80. The number of thiophene rings is 1. The minimum absolute atomic E-state index is 0.146. The van der Waals surface area contributed by atoms with Gasteiger partial charge in [-0.3, -0.25) is 9.59 Å². The summed E-state index contributed by atoms with van der Waals surface area (Å²) in [7, 11) is 1.25. The van der Waals surface area contributed by atoms with Crippen LogP contribution in [-0.4, -0.2) is 24.8 Å². The maximum Gasteiger partial charge on any atom is 0.348 e. The second kappa shape index (κ2) is 6.40. The summed E-state index contributed by atoms with van der Waals surface area (Å²) in [6.45, 7) is 1.25. The Morgan fingerprint density at radius 3 is 2.50 bits per heavy atom. The van der Waals surface area contributed by atoms with Gasteiger partial charge in [0.05, 0.1) is 23.2 Å². The first kappa shape index (κ1) is 15.7. The third-order valence-electron chi connectivity index (χ3n) is 2.74. The molecule has 6 nitrogen and oxygen atoms in total. The van der Waals surface area contributed by atoms with Crippen LogP contribution >= 0.6 is 11.3 Å². The van der Waals surface area contributed by atoms with Crippen molar-refractivity contribution in [1.29, 1.82) is 0 Å². The number of hydrogen-bond donors (Lipinski definition) is 1. The zero-order valence-corrected chi connectivity index (χ0v) is 12.7. The molecule has 0 fully saturated rings. The molecule has 0 amide bonds. The zero-order valence-electron chi connectivity index (χ0n) is 11.9. The van der Waals surface area contributed by atoms with Gasteiger partial charge in [-0.1, -0.05) is 12.1 Å². The number of carbonyl (C=O) groups excluding carboxylic acids is 3. The summed E-state index contributed by atoms with van der Waals surface area (Å²) in [6.07, 6.45) is 0. The van der Waals surface area contributed by atoms with Crippen molar-refractivity contribution >= 4 is 34.7 Å². The molecular weight excluding hydrogens is 306 g/mol. The Morgan fingerprint density at radius 1 is 1.18 bits per heavy atom. The lowest BCUT2D eigenvalue weighted by atomic mass is 10.1. The molecule has 0 saturated heterocycles. The zero-order chi connectivity index (χ0) is 16.3. The van der Waals surface area contributed by atoms with E-state index in [0.29, 0.717) is 0 Å². The van der Waals surface area contributed by atoms with E-state index >= 15 is 0 Å². The number of para-hydroxylation sites is 1. The Labute approximate surface area is 130 Å². The van der Waals surface area contributed by atoms with Crippen LogP contribution in [0.25, 0.3) is 0 Å². The fraction of sp³-hybridized carbons (Fsp3) is 0.133. The van der Waals surface area contributed by atoms with Gasteiger partial charge < -0.3 is 15.2 Å². The predicted molar refractivity (Wildman–Crippen MR) is 81.3 cm³/mol. The lowest BCUT2D eigenvalue weighted by Crippen LogP contribution is -2.08. The topological polar surface area (TPSA) is 95.7 Å². The lowest BCUT2D eigenvalue weighted by Gasteiger charge is -2.07. The molecule has 1 aromatic carbocycles. The molecule has 0 radical (unpaired) electrons. The van der Waals surface area contributed by atoms with E-state index in [4.69, 9.17) is 10.5 Å². The van der Waals surface area contributed by atoms with E-state index in [2.05, 4.69) is 4.74 Å². The maximum atomic E-state index is 12.6. The van der Waals surface area contributed by atoms with Crippen LogP contribution in [0.5, 0.6) is 5.75 Å². The largest absolute Gasteiger partial charge is 0.465 e. The van der Waals surface area contributed by atoms with Crippen molar-refractivity contribution in [3.8, 4) is 5.75 Å². The quantitative estimate of drug-likeness (QED) is 0.527. The lowest BCUT2D eigenvalue weighted by molar-refractivity contribution is -0.131. The normalized spacial score (nSPS) is 10.1. The predicted octanol–water partition coefficient (Wildman–Crippen LogP) is 2.27. The molecule has 0 aliphatic heterocycles. The summed E-state index contributed by atoms with van der Waals surface area (Å²) >= 11 is 0.933. The molecule has 0 aliphatic rings. The van der Waals surface area contributed by atoms with Crippen molar-refractivity contribution in [3.63, 3.8) is 0 Å². The number of nitrogens with two attached hydrogens (primary N) is 1. The summed E-state index contributed by atoms with van der Waals surface area (Å²) in [5, 5.41) is 0. The molecule has 0 saturated carbocycles. The van der Waals surface area contributed by atoms with Crippen molar-refractivity contribution in [2.24, 2.45) is 0 Å². The highest BCUT2D eigenvalue weighted by Gasteiger charge is 2.22. The van der Waals surface area contributed by atoms with Gasteiger partial charge in [-0.05, 0) is 18.2 Å². The number of benzene rings is 1. The highest BCUT2D eigenvalue weighted by molar-refractivity contribution is 7.16. The van der Waals surface area contributed by atoms with E-state index in [1.54, 1.807) is 12.1 Å². The number of rotatable bonds is 4. The highest BCUT2D eigenvalue weighted by Crippen LogP contribution is 2.30. The van der Waals surface area contributed by atoms with Crippen LogP contribution in [0.3, 0.4) is 0 Å². The Hall–Kier alpha value is -2.67. The SMILES string of the molecule is COC(=O)c1cc(N)c(C(=O)c2ccccc2OC(C)=O)s1. The average molecular weight is 319 g/mol. The van der Waals surface area contributed by atoms with Gasteiger partial charge in [-0.15, -0.1) is 11.3 Å². The fourth-order valence-corrected chi connectivity index (χ4v) is 2.76. The number of hydrogen-bond acceptors (Lipinski definition) is 7. The van der Waals surface area contributed by atoms with Crippen molar-refractivity contribution in [2.75, 3.05) is 12.8 Å². The third kappa shape index (κ3) is 3.15. The van der Waals surface area contributed by atoms with Gasteiger partial charge >= 0.3 is 11.9 Å². The van der Waals surface area contributed by atoms with Gasteiger partial charge in [0, 0.05) is 6.92 Å². The van der Waals surface area contributed by atoms with Crippen LogP contribution in [0.2, 0.25) is 0 Å². The Morgan fingerprint density at radius 2 is 1.86 bits per heavy atom. The maximum absolute atomic E-state index is 12.6. The molecule has 2 rings (SSSR count). The average Bonchev–Trinajstić information content (AvgIpc) is 2.87. The Kier molecular flexibility index (Phi) is 4.57. The molecule has 2 N–H and O–H groups in total. The molecule has 1 heterocycles. The number of ether oxygens (including phenoxy) is 2. The number of carbonyl (C=O) groups is 3. The van der Waals surface area contributed by atoms with Gasteiger partial charge in [0.2, 0.25) is 5.78 Å². The minimum atomic E-state index is -0.566. The van der Waals surface area contributed by atoms with E-state index < -0.39 is 17.7 Å². The number of anilines is 1. The van der Waals surface area contributed by atoms with Crippen molar-refractivity contribution in [2.45, 2.75) is 6.92 Å². The molecule has 0 bridgehead atoms. The van der Waals surface area contributed by atoms with Crippen LogP contribution in [0.4, 0.5) is 5.69 Å². The molecule has 1 aromatic heterocycles. The Bertz CT molecular complexity index is 750. The smallest absolute Gasteiger partial charge is 0.348 e. The molecule has 0 aliphatic carbocycles. The molecular formula is C15H13NO5S. The number of esters is 2. The van der Waals surface area contributed by atoms with E-state index in [1.165, 1.54) is 32.2 Å². The van der Waals surface area contributed by atoms with Crippen molar-refractivity contribution in [3.05, 3.63) is 45.6 Å². The standard InChI is InChI=1S/C15H13NO5S/c1-8(17)21-11-6-4-3-5-9(11)13(18)14-10(16)7-12(22-14)15(19)20-2/h3-7H,16H2,1-2H3. The van der Waals surface area contributed by atoms with Crippen LogP contribution < -0.4 is 10.5 Å². The van der Waals surface area contributed by atoms with Crippen molar-refractivity contribution < 1.29 is 23.9 Å². The summed E-state index contributed by atoms with van der Waals surface area (Å²) in [6, 6.07) is 7.72. The van der Waals surface area contributed by atoms with E-state index in [9.17, 15) is 14.4 Å². The summed E-state index contributed by atoms with van der Waals surface area (Å²) in [5.74, 6) is -1.37. The first-order valence-electron chi connectivity index (χ1n) is 6.23. The first-order valence-corrected chi connectivity index (χ1v) is 7.05. The van der Waals surface area contributed by atoms with Crippen LogP contribution in [0.15, 0.2) is 30.3 Å². The van der Waals surface area contributed by atoms with E-state index in [-0.39, 0.29) is 26.8 Å². The van der Waals surface area contributed by atoms with Crippen LogP contribution in [0.1, 0.15) is 31.8 Å². The van der Waals surface area contributed by atoms with E-state index in [0.717, 1.165) is 11.3 Å². The van der Waals surface area contributed by atoms with E-state index in [1.807, 2.05) is 0 Å². The highest BCUT2D eigenvalue weighted by atomic mass is 32.1. The molecule has 7 heteroatoms. The second-order valence-corrected chi connectivity index (χ2v) is 5.36. The van der Waals surface area contributed by atoms with Gasteiger partial charge in [0.15, 0.2) is 0 Å². The van der Waals surface area contributed by atoms with Gasteiger partial charge in [-0.25, -0.2) is 4.79 Å². The first-order chi connectivity index (χ1) is 10.4. The summed E-state index contributed by atoms with van der Waals surface area (Å²) in [4.78, 5) is 35.6. The summed E-state index contributed by atoms with van der Waals surface area (Å²) < 4.78 is 9.62.